The fraction of sp³-hybridized carbons (Fsp3) is 0.103. The van der Waals surface area contributed by atoms with Crippen molar-refractivity contribution in [1.29, 1.82) is 10.5 Å². The Morgan fingerprint density at radius 1 is 0.485 bits per heavy atom. The van der Waals surface area contributed by atoms with Gasteiger partial charge in [-0.3, -0.25) is 0 Å². The molecule has 0 aliphatic carbocycles. The molecule has 0 spiro atoms. The van der Waals surface area contributed by atoms with Gasteiger partial charge < -0.3 is 9.47 Å². The van der Waals surface area contributed by atoms with Crippen LogP contribution in [-0.4, -0.2) is 0 Å². The molecule has 0 atom stereocenters. The van der Waals surface area contributed by atoms with Gasteiger partial charge >= 0.3 is 0 Å². The lowest BCUT2D eigenvalue weighted by Gasteiger charge is -2.26. The Hall–Kier alpha value is -4.54. The second-order valence-corrected chi connectivity index (χ2v) is 8.22. The molecule has 0 aliphatic heterocycles. The Labute approximate surface area is 193 Å². The van der Waals surface area contributed by atoms with Crippen LogP contribution in [0.15, 0.2) is 97.1 Å². The summed E-state index contributed by atoms with van der Waals surface area (Å²) in [6.07, 6.45) is 3.37. The lowest BCUT2D eigenvalue weighted by atomic mass is 9.77. The van der Waals surface area contributed by atoms with Crippen molar-refractivity contribution in [3.63, 3.8) is 0 Å². The van der Waals surface area contributed by atoms with Crippen molar-refractivity contribution in [3.8, 4) is 46.3 Å². The van der Waals surface area contributed by atoms with Gasteiger partial charge in [0.1, 0.15) is 11.5 Å². The topological polar surface area (TPSA) is 66.0 Å². The fourth-order valence-electron chi connectivity index (χ4n) is 3.86. The second kappa shape index (κ2) is 9.30. The number of hydrogen-bond donors (Lipinski definition) is 0. The average molecular weight is 431 g/mol. The molecule has 0 N–H and O–H groups in total. The normalized spacial score (nSPS) is 10.7. The molecule has 0 saturated heterocycles. The van der Waals surface area contributed by atoms with Crippen LogP contribution in [0.5, 0.6) is 11.5 Å². The molecule has 4 aromatic carbocycles. The molecule has 0 saturated carbocycles. The van der Waals surface area contributed by atoms with Crippen molar-refractivity contribution >= 4 is 0 Å². The summed E-state index contributed by atoms with van der Waals surface area (Å²) in [6, 6.07) is 32.1. The molecule has 0 heterocycles. The van der Waals surface area contributed by atoms with Gasteiger partial charge in [-0.15, -0.1) is 10.5 Å². The van der Waals surface area contributed by atoms with Crippen molar-refractivity contribution in [2.75, 3.05) is 0 Å². The van der Waals surface area contributed by atoms with Crippen molar-refractivity contribution in [2.24, 2.45) is 0 Å². The third-order valence-electron chi connectivity index (χ3n) is 5.92. The Kier molecular flexibility index (Phi) is 6.11. The molecule has 4 nitrogen and oxygen atoms in total. The highest BCUT2D eigenvalue weighted by molar-refractivity contribution is 5.66. The van der Waals surface area contributed by atoms with E-state index in [2.05, 4.69) is 62.4 Å². The van der Waals surface area contributed by atoms with Crippen molar-refractivity contribution in [1.82, 2.24) is 0 Å². The monoisotopic (exact) mass is 430 g/mol. The summed E-state index contributed by atoms with van der Waals surface area (Å²) < 4.78 is 9.70. The Balaban J connectivity index is 1.52. The first-order valence-electron chi connectivity index (χ1n) is 10.5. The van der Waals surface area contributed by atoms with Crippen molar-refractivity contribution in [3.05, 3.63) is 108 Å². The molecule has 0 aromatic heterocycles. The third-order valence-corrected chi connectivity index (χ3v) is 5.92. The van der Waals surface area contributed by atoms with E-state index in [-0.39, 0.29) is 5.41 Å². The molecule has 4 heteroatoms. The van der Waals surface area contributed by atoms with E-state index in [9.17, 15) is 0 Å². The summed E-state index contributed by atoms with van der Waals surface area (Å²) in [5, 5.41) is 17.2. The Bertz CT molecular complexity index is 1200. The van der Waals surface area contributed by atoms with E-state index in [0.29, 0.717) is 11.5 Å². The van der Waals surface area contributed by atoms with Gasteiger partial charge in [-0.25, -0.2) is 0 Å². The van der Waals surface area contributed by atoms with Crippen LogP contribution in [0.3, 0.4) is 0 Å². The minimum Gasteiger partial charge on any atom is -0.388 e. The molecule has 0 radical (unpaired) electrons. The minimum atomic E-state index is -0.161. The van der Waals surface area contributed by atoms with E-state index in [4.69, 9.17) is 20.0 Å². The van der Waals surface area contributed by atoms with Crippen LogP contribution in [0.1, 0.15) is 25.0 Å². The fourth-order valence-corrected chi connectivity index (χ4v) is 3.86. The zero-order chi connectivity index (χ0) is 23.3. The maximum Gasteiger partial charge on any atom is 0.292 e. The molecule has 0 aliphatic rings. The smallest absolute Gasteiger partial charge is 0.292 e. The summed E-state index contributed by atoms with van der Waals surface area (Å²) in [7, 11) is 0. The van der Waals surface area contributed by atoms with Gasteiger partial charge in [-0.05, 0) is 57.6 Å². The maximum atomic E-state index is 8.62. The lowest BCUT2D eigenvalue weighted by molar-refractivity contribution is 0.507. The standard InChI is InChI=1S/C29H22N2O2/c1-29(2,25-11-3-21(4-12-25)23-7-15-27(16-8-23)32-19-30)26-13-5-22(6-14-26)24-9-17-28(18-10-24)33-20-31/h3-18H,1-2H3. The van der Waals surface area contributed by atoms with Gasteiger partial charge in [0.15, 0.2) is 0 Å². The molecule has 0 unspecified atom stereocenters. The van der Waals surface area contributed by atoms with Crippen LogP contribution in [0.25, 0.3) is 22.3 Å². The summed E-state index contributed by atoms with van der Waals surface area (Å²) in [6.45, 7) is 4.44. The first kappa shape index (κ1) is 21.7. The summed E-state index contributed by atoms with van der Waals surface area (Å²) in [4.78, 5) is 0. The number of hydrogen-bond acceptors (Lipinski definition) is 4. The van der Waals surface area contributed by atoms with E-state index < -0.39 is 0 Å². The van der Waals surface area contributed by atoms with Crippen molar-refractivity contribution < 1.29 is 9.47 Å². The summed E-state index contributed by atoms with van der Waals surface area (Å²) in [5.41, 5.74) is 6.64. The highest BCUT2D eigenvalue weighted by Crippen LogP contribution is 2.34. The van der Waals surface area contributed by atoms with Gasteiger partial charge in [0.25, 0.3) is 12.5 Å². The minimum absolute atomic E-state index is 0.161. The van der Waals surface area contributed by atoms with Crippen LogP contribution in [0.2, 0.25) is 0 Å². The predicted octanol–water partition coefficient (Wildman–Crippen LogP) is 7.07. The molecule has 4 rings (SSSR count). The lowest BCUT2D eigenvalue weighted by Crippen LogP contribution is -2.18. The second-order valence-electron chi connectivity index (χ2n) is 8.22. The molecular formula is C29H22N2O2. The Morgan fingerprint density at radius 3 is 1.03 bits per heavy atom. The molecule has 160 valence electrons. The van der Waals surface area contributed by atoms with Crippen LogP contribution < -0.4 is 9.47 Å². The van der Waals surface area contributed by atoms with Crippen molar-refractivity contribution in [2.45, 2.75) is 19.3 Å². The predicted molar refractivity (Wildman–Crippen MR) is 128 cm³/mol. The van der Waals surface area contributed by atoms with Gasteiger partial charge in [0.2, 0.25) is 0 Å². The Morgan fingerprint density at radius 2 is 0.758 bits per heavy atom. The third kappa shape index (κ3) is 4.71. The van der Waals surface area contributed by atoms with Gasteiger partial charge in [0, 0.05) is 5.41 Å². The highest BCUT2D eigenvalue weighted by atomic mass is 16.5. The van der Waals surface area contributed by atoms with Crippen LogP contribution in [-0.2, 0) is 5.41 Å². The average Bonchev–Trinajstić information content (AvgIpc) is 2.86. The van der Waals surface area contributed by atoms with E-state index in [1.807, 2.05) is 24.3 Å². The van der Waals surface area contributed by atoms with Gasteiger partial charge in [-0.2, -0.15) is 0 Å². The first-order valence-corrected chi connectivity index (χ1v) is 10.5. The quantitative estimate of drug-likeness (QED) is 0.307. The molecule has 0 bridgehead atoms. The van der Waals surface area contributed by atoms with Crippen LogP contribution >= 0.6 is 0 Å². The van der Waals surface area contributed by atoms with E-state index in [1.54, 1.807) is 36.8 Å². The number of benzene rings is 4. The first-order chi connectivity index (χ1) is 16.0. The van der Waals surface area contributed by atoms with Gasteiger partial charge in [-0.1, -0.05) is 86.6 Å². The van der Waals surface area contributed by atoms with E-state index in [0.717, 1.165) is 22.3 Å². The molecular weight excluding hydrogens is 408 g/mol. The number of ether oxygens (including phenoxy) is 2. The molecule has 4 aromatic rings. The SMILES string of the molecule is CC(C)(c1ccc(-c2ccc(OC#N)cc2)cc1)c1ccc(-c2ccc(OC#N)cc2)cc1. The maximum absolute atomic E-state index is 8.62. The number of nitriles is 2. The highest BCUT2D eigenvalue weighted by Gasteiger charge is 2.23. The van der Waals surface area contributed by atoms with Crippen LogP contribution in [0, 0.1) is 23.0 Å². The number of nitrogens with zero attached hydrogens (tertiary/aromatic N) is 2. The molecule has 33 heavy (non-hydrogen) atoms. The van der Waals surface area contributed by atoms with Crippen LogP contribution in [0.4, 0.5) is 0 Å². The summed E-state index contributed by atoms with van der Waals surface area (Å²) >= 11 is 0. The number of rotatable bonds is 6. The zero-order valence-corrected chi connectivity index (χ0v) is 18.4. The van der Waals surface area contributed by atoms with E-state index >= 15 is 0 Å². The zero-order valence-electron chi connectivity index (χ0n) is 18.4. The molecule has 0 amide bonds. The summed E-state index contributed by atoms with van der Waals surface area (Å²) in [5.74, 6) is 1.07. The molecule has 0 fully saturated rings. The van der Waals surface area contributed by atoms with E-state index in [1.165, 1.54) is 11.1 Å². The largest absolute Gasteiger partial charge is 0.388 e. The van der Waals surface area contributed by atoms with Gasteiger partial charge in [0.05, 0.1) is 0 Å².